The summed E-state index contributed by atoms with van der Waals surface area (Å²) in [5.74, 6) is 0. The van der Waals surface area contributed by atoms with E-state index in [1.54, 1.807) is 0 Å². The first-order valence-electron chi connectivity index (χ1n) is 5.79. The van der Waals surface area contributed by atoms with E-state index < -0.39 is 0 Å². The van der Waals surface area contributed by atoms with Crippen molar-refractivity contribution in [1.29, 1.82) is 5.26 Å². The van der Waals surface area contributed by atoms with Crippen LogP contribution in [0.1, 0.15) is 52.9 Å². The van der Waals surface area contributed by atoms with Gasteiger partial charge in [-0.1, -0.05) is 39.0 Å². The van der Waals surface area contributed by atoms with Gasteiger partial charge in [-0.3, -0.25) is 4.79 Å². The maximum atomic E-state index is 12.0. The topological polar surface area (TPSA) is 40.9 Å². The number of thioether (sulfide) groups is 1. The number of nitriles is 1. The molecule has 2 nitrogen and oxygen atoms in total. The minimum absolute atomic E-state index is 0.0492. The van der Waals surface area contributed by atoms with E-state index in [0.29, 0.717) is 5.57 Å². The van der Waals surface area contributed by atoms with Crippen LogP contribution in [0.4, 0.5) is 0 Å². The zero-order valence-corrected chi connectivity index (χ0v) is 11.1. The molecule has 0 bridgehead atoms. The summed E-state index contributed by atoms with van der Waals surface area (Å²) in [5, 5.41) is 9.05. The zero-order chi connectivity index (χ0) is 12.2. The lowest BCUT2D eigenvalue weighted by Gasteiger charge is -2.18. The smallest absolute Gasteiger partial charge is 0.230 e. The zero-order valence-electron chi connectivity index (χ0n) is 10.3. The molecule has 0 amide bonds. The Morgan fingerprint density at radius 3 is 2.25 bits per heavy atom. The third-order valence-corrected chi connectivity index (χ3v) is 3.53. The average molecular weight is 237 g/mol. The monoisotopic (exact) mass is 237 g/mol. The van der Waals surface area contributed by atoms with Gasteiger partial charge in [0.05, 0.1) is 0 Å². The standard InChI is InChI=1S/C13H19NOS/c1-13(2,3)16-12(15)11(9-14)10-7-5-4-6-8-10/h4-8H2,1-3H3. The molecule has 16 heavy (non-hydrogen) atoms. The van der Waals surface area contributed by atoms with Crippen molar-refractivity contribution in [3.05, 3.63) is 11.1 Å². The molecule has 88 valence electrons. The van der Waals surface area contributed by atoms with Gasteiger partial charge in [0, 0.05) is 4.75 Å². The van der Waals surface area contributed by atoms with E-state index in [0.717, 1.165) is 31.3 Å². The molecule has 0 aromatic carbocycles. The van der Waals surface area contributed by atoms with Gasteiger partial charge in [-0.15, -0.1) is 0 Å². The fourth-order valence-corrected chi connectivity index (χ4v) is 2.67. The van der Waals surface area contributed by atoms with Gasteiger partial charge >= 0.3 is 0 Å². The molecule has 0 saturated heterocycles. The number of allylic oxidation sites excluding steroid dienone is 1. The van der Waals surface area contributed by atoms with Gasteiger partial charge in [0.15, 0.2) is 0 Å². The van der Waals surface area contributed by atoms with E-state index in [4.69, 9.17) is 5.26 Å². The maximum absolute atomic E-state index is 12.0. The molecule has 0 radical (unpaired) electrons. The number of rotatable bonds is 1. The highest BCUT2D eigenvalue weighted by Crippen LogP contribution is 2.31. The summed E-state index contributed by atoms with van der Waals surface area (Å²) < 4.78 is -0.117. The van der Waals surface area contributed by atoms with Gasteiger partial charge in [0.25, 0.3) is 0 Å². The Balaban J connectivity index is 2.82. The molecular weight excluding hydrogens is 218 g/mol. The Bertz CT molecular complexity index is 336. The quantitative estimate of drug-likeness (QED) is 0.514. The van der Waals surface area contributed by atoms with E-state index in [-0.39, 0.29) is 9.86 Å². The van der Waals surface area contributed by atoms with Gasteiger partial charge in [-0.2, -0.15) is 5.26 Å². The van der Waals surface area contributed by atoms with Crippen molar-refractivity contribution >= 4 is 16.9 Å². The first-order valence-corrected chi connectivity index (χ1v) is 6.61. The largest absolute Gasteiger partial charge is 0.281 e. The number of hydrogen-bond acceptors (Lipinski definition) is 3. The van der Waals surface area contributed by atoms with Crippen molar-refractivity contribution in [3.63, 3.8) is 0 Å². The predicted molar refractivity (Wildman–Crippen MR) is 68.1 cm³/mol. The molecule has 0 spiro atoms. The minimum atomic E-state index is -0.117. The minimum Gasteiger partial charge on any atom is -0.281 e. The fourth-order valence-electron chi connectivity index (χ4n) is 1.83. The molecule has 0 aromatic rings. The van der Waals surface area contributed by atoms with Crippen LogP contribution in [-0.4, -0.2) is 9.86 Å². The number of carbonyl (C=O) groups excluding carboxylic acids is 1. The Kier molecular flexibility index (Phi) is 4.61. The first kappa shape index (κ1) is 13.3. The third kappa shape index (κ3) is 4.02. The molecule has 0 aromatic heterocycles. The summed E-state index contributed by atoms with van der Waals surface area (Å²) in [6.45, 7) is 5.99. The van der Waals surface area contributed by atoms with Crippen molar-refractivity contribution in [1.82, 2.24) is 0 Å². The van der Waals surface area contributed by atoms with Crippen LogP contribution in [-0.2, 0) is 4.79 Å². The SMILES string of the molecule is CC(C)(C)SC(=O)C(C#N)=C1CCCCC1. The summed E-state index contributed by atoms with van der Waals surface area (Å²) in [7, 11) is 0. The van der Waals surface area contributed by atoms with Gasteiger partial charge in [-0.05, 0) is 31.3 Å². The second-order valence-corrected chi connectivity index (χ2v) is 6.95. The summed E-state index contributed by atoms with van der Waals surface area (Å²) in [6, 6.07) is 2.10. The second-order valence-electron chi connectivity index (χ2n) is 5.15. The lowest BCUT2D eigenvalue weighted by molar-refractivity contribution is -0.107. The summed E-state index contributed by atoms with van der Waals surface area (Å²) in [4.78, 5) is 12.0. The summed E-state index contributed by atoms with van der Waals surface area (Å²) in [6.07, 6.45) is 5.32. The number of hydrogen-bond donors (Lipinski definition) is 0. The van der Waals surface area contributed by atoms with E-state index in [1.165, 1.54) is 18.2 Å². The molecule has 1 rings (SSSR count). The lowest BCUT2D eigenvalue weighted by atomic mass is 9.92. The Hall–Kier alpha value is -0.750. The van der Waals surface area contributed by atoms with Crippen LogP contribution >= 0.6 is 11.8 Å². The highest BCUT2D eigenvalue weighted by Gasteiger charge is 2.23. The van der Waals surface area contributed by atoms with Crippen molar-refractivity contribution in [2.75, 3.05) is 0 Å². The molecule has 1 saturated carbocycles. The van der Waals surface area contributed by atoms with Crippen molar-refractivity contribution in [2.45, 2.75) is 57.6 Å². The van der Waals surface area contributed by atoms with Crippen LogP contribution in [0.3, 0.4) is 0 Å². The van der Waals surface area contributed by atoms with E-state index in [9.17, 15) is 4.79 Å². The third-order valence-electron chi connectivity index (χ3n) is 2.53. The van der Waals surface area contributed by atoms with E-state index in [1.807, 2.05) is 20.8 Å². The van der Waals surface area contributed by atoms with Gasteiger partial charge < -0.3 is 0 Å². The number of carbonyl (C=O) groups is 1. The van der Waals surface area contributed by atoms with E-state index >= 15 is 0 Å². The molecule has 1 fully saturated rings. The molecule has 1 aliphatic rings. The molecule has 0 aliphatic heterocycles. The van der Waals surface area contributed by atoms with Crippen LogP contribution in [0.2, 0.25) is 0 Å². The Morgan fingerprint density at radius 1 is 1.25 bits per heavy atom. The van der Waals surface area contributed by atoms with Crippen molar-refractivity contribution in [2.24, 2.45) is 0 Å². The van der Waals surface area contributed by atoms with Crippen molar-refractivity contribution in [3.8, 4) is 6.07 Å². The highest BCUT2D eigenvalue weighted by molar-refractivity contribution is 8.15. The van der Waals surface area contributed by atoms with Crippen LogP contribution < -0.4 is 0 Å². The number of nitrogens with zero attached hydrogens (tertiary/aromatic N) is 1. The molecule has 0 atom stereocenters. The molecule has 1 aliphatic carbocycles. The Labute approximate surface area is 102 Å². The van der Waals surface area contributed by atoms with Gasteiger partial charge in [0.1, 0.15) is 11.6 Å². The van der Waals surface area contributed by atoms with Crippen LogP contribution in [0.25, 0.3) is 0 Å². The first-order chi connectivity index (χ1) is 7.44. The predicted octanol–water partition coefficient (Wildman–Crippen LogP) is 3.83. The van der Waals surface area contributed by atoms with Crippen LogP contribution in [0.15, 0.2) is 11.1 Å². The van der Waals surface area contributed by atoms with Crippen LogP contribution in [0, 0.1) is 11.3 Å². The normalized spacial score (nSPS) is 16.8. The van der Waals surface area contributed by atoms with Crippen LogP contribution in [0.5, 0.6) is 0 Å². The average Bonchev–Trinajstić information content (AvgIpc) is 2.17. The fraction of sp³-hybridized carbons (Fsp3) is 0.692. The maximum Gasteiger partial charge on any atom is 0.230 e. The molecule has 3 heteroatoms. The molecular formula is C13H19NOS. The molecule has 0 unspecified atom stereocenters. The van der Waals surface area contributed by atoms with E-state index in [2.05, 4.69) is 6.07 Å². The molecule has 0 N–H and O–H groups in total. The summed E-state index contributed by atoms with van der Waals surface area (Å²) in [5.41, 5.74) is 1.50. The highest BCUT2D eigenvalue weighted by atomic mass is 32.2. The molecule has 0 heterocycles. The lowest BCUT2D eigenvalue weighted by Crippen LogP contribution is -2.14. The van der Waals surface area contributed by atoms with Crippen molar-refractivity contribution < 1.29 is 4.79 Å². The summed E-state index contributed by atoms with van der Waals surface area (Å²) >= 11 is 1.26. The Morgan fingerprint density at radius 2 is 1.81 bits per heavy atom. The second kappa shape index (κ2) is 5.54. The van der Waals surface area contributed by atoms with Gasteiger partial charge in [0.2, 0.25) is 5.12 Å². The van der Waals surface area contributed by atoms with Gasteiger partial charge in [-0.25, -0.2) is 0 Å².